The summed E-state index contributed by atoms with van der Waals surface area (Å²) >= 11 is 0. The molecule has 70 valence electrons. The number of nitrogens with two attached hydrogens (primary N) is 1. The zero-order valence-electron chi connectivity index (χ0n) is 7.39. The van der Waals surface area contributed by atoms with E-state index < -0.39 is 6.04 Å². The summed E-state index contributed by atoms with van der Waals surface area (Å²) in [5.74, 6) is -0.314. The van der Waals surface area contributed by atoms with Crippen molar-refractivity contribution in [3.05, 3.63) is 0 Å². The number of carbonyl (C=O) groups is 2. The fourth-order valence-electron chi connectivity index (χ4n) is 0.585. The van der Waals surface area contributed by atoms with Gasteiger partial charge < -0.3 is 16.4 Å². The van der Waals surface area contributed by atoms with Crippen molar-refractivity contribution in [3.63, 3.8) is 0 Å². The van der Waals surface area contributed by atoms with E-state index >= 15 is 0 Å². The van der Waals surface area contributed by atoms with Gasteiger partial charge in [-0.05, 0) is 6.92 Å². The third-order valence-corrected chi connectivity index (χ3v) is 1.21. The second-order valence-corrected chi connectivity index (χ2v) is 2.56. The van der Waals surface area contributed by atoms with Gasteiger partial charge in [0.25, 0.3) is 0 Å². The van der Waals surface area contributed by atoms with Crippen LogP contribution in [0, 0.1) is 0 Å². The van der Waals surface area contributed by atoms with Crippen LogP contribution in [0.25, 0.3) is 0 Å². The average Bonchev–Trinajstić information content (AvgIpc) is 1.97. The maximum absolute atomic E-state index is 10.8. The van der Waals surface area contributed by atoms with Crippen LogP contribution in [0.1, 0.15) is 13.8 Å². The van der Waals surface area contributed by atoms with Gasteiger partial charge in [-0.1, -0.05) is 0 Å². The molecule has 0 aromatic rings. The standard InChI is InChI=1S/C7H15N3O2/c1-5(8)7(12)10-4-3-9-6(2)11/h5H,3-4,8H2,1-2H3,(H,9,11)(H,10,12)/t5-/m1/s1. The first-order valence-corrected chi connectivity index (χ1v) is 3.81. The SMILES string of the molecule is CC(=O)NCCNC(=O)[C@@H](C)N. The number of nitrogens with one attached hydrogen (secondary N) is 2. The molecule has 12 heavy (non-hydrogen) atoms. The number of rotatable bonds is 4. The predicted molar refractivity (Wildman–Crippen MR) is 45.3 cm³/mol. The lowest BCUT2D eigenvalue weighted by atomic mass is 10.3. The Morgan fingerprint density at radius 3 is 2.25 bits per heavy atom. The van der Waals surface area contributed by atoms with Crippen molar-refractivity contribution in [2.75, 3.05) is 13.1 Å². The topological polar surface area (TPSA) is 84.2 Å². The minimum Gasteiger partial charge on any atom is -0.355 e. The summed E-state index contributed by atoms with van der Waals surface area (Å²) in [5.41, 5.74) is 5.28. The second-order valence-electron chi connectivity index (χ2n) is 2.56. The molecule has 1 atom stereocenters. The Balaban J connectivity index is 3.32. The summed E-state index contributed by atoms with van der Waals surface area (Å²) in [6.07, 6.45) is 0. The van der Waals surface area contributed by atoms with E-state index in [1.807, 2.05) is 0 Å². The van der Waals surface area contributed by atoms with Gasteiger partial charge in [-0.15, -0.1) is 0 Å². The highest BCUT2D eigenvalue weighted by Crippen LogP contribution is 1.72. The molecule has 0 heterocycles. The summed E-state index contributed by atoms with van der Waals surface area (Å²) in [6.45, 7) is 3.88. The van der Waals surface area contributed by atoms with Gasteiger partial charge in [-0.3, -0.25) is 9.59 Å². The van der Waals surface area contributed by atoms with Crippen LogP contribution in [0.3, 0.4) is 0 Å². The molecule has 0 aromatic heterocycles. The molecule has 0 aliphatic carbocycles. The van der Waals surface area contributed by atoms with Crippen LogP contribution in [-0.4, -0.2) is 30.9 Å². The van der Waals surface area contributed by atoms with Gasteiger partial charge in [0.05, 0.1) is 6.04 Å². The highest BCUT2D eigenvalue weighted by molar-refractivity contribution is 5.81. The Labute approximate surface area is 71.7 Å². The molecule has 4 N–H and O–H groups in total. The molecule has 0 aliphatic heterocycles. The molecule has 0 aromatic carbocycles. The van der Waals surface area contributed by atoms with E-state index in [4.69, 9.17) is 5.73 Å². The van der Waals surface area contributed by atoms with Crippen LogP contribution in [0.4, 0.5) is 0 Å². The lowest BCUT2D eigenvalue weighted by Gasteiger charge is -2.07. The zero-order valence-corrected chi connectivity index (χ0v) is 7.39. The van der Waals surface area contributed by atoms with Crippen LogP contribution >= 0.6 is 0 Å². The molecule has 0 aliphatic rings. The Hall–Kier alpha value is -1.10. The largest absolute Gasteiger partial charge is 0.355 e. The highest BCUT2D eigenvalue weighted by Gasteiger charge is 2.04. The molecule has 0 spiro atoms. The molecule has 5 heteroatoms. The fourth-order valence-corrected chi connectivity index (χ4v) is 0.585. The van der Waals surface area contributed by atoms with E-state index in [2.05, 4.69) is 10.6 Å². The third-order valence-electron chi connectivity index (χ3n) is 1.21. The molecule has 0 unspecified atom stereocenters. The molecule has 0 rings (SSSR count). The van der Waals surface area contributed by atoms with Crippen molar-refractivity contribution in [2.45, 2.75) is 19.9 Å². The average molecular weight is 173 g/mol. The van der Waals surface area contributed by atoms with Crippen LogP contribution < -0.4 is 16.4 Å². The van der Waals surface area contributed by atoms with Crippen LogP contribution in [0.15, 0.2) is 0 Å². The monoisotopic (exact) mass is 173 g/mol. The zero-order chi connectivity index (χ0) is 9.56. The molecular weight excluding hydrogens is 158 g/mol. The van der Waals surface area contributed by atoms with Crippen molar-refractivity contribution in [2.24, 2.45) is 5.73 Å². The van der Waals surface area contributed by atoms with Gasteiger partial charge in [0, 0.05) is 20.0 Å². The Morgan fingerprint density at radius 1 is 1.33 bits per heavy atom. The first kappa shape index (κ1) is 10.9. The first-order chi connectivity index (χ1) is 5.54. The van der Waals surface area contributed by atoms with Crippen molar-refractivity contribution in [1.29, 1.82) is 0 Å². The summed E-state index contributed by atoms with van der Waals surface area (Å²) < 4.78 is 0. The minimum absolute atomic E-state index is 0.106. The third kappa shape index (κ3) is 5.67. The van der Waals surface area contributed by atoms with Crippen LogP contribution in [-0.2, 0) is 9.59 Å². The smallest absolute Gasteiger partial charge is 0.236 e. The Morgan fingerprint density at radius 2 is 1.83 bits per heavy atom. The molecule has 2 amide bonds. The second kappa shape index (κ2) is 5.54. The maximum atomic E-state index is 10.8. The van der Waals surface area contributed by atoms with E-state index in [-0.39, 0.29) is 11.8 Å². The van der Waals surface area contributed by atoms with Crippen molar-refractivity contribution in [3.8, 4) is 0 Å². The van der Waals surface area contributed by atoms with Crippen molar-refractivity contribution >= 4 is 11.8 Å². The van der Waals surface area contributed by atoms with Gasteiger partial charge in [0.2, 0.25) is 11.8 Å². The van der Waals surface area contributed by atoms with Crippen molar-refractivity contribution < 1.29 is 9.59 Å². The molecule has 0 fully saturated rings. The molecule has 0 radical (unpaired) electrons. The molecule has 0 bridgehead atoms. The predicted octanol–water partition coefficient (Wildman–Crippen LogP) is -1.41. The summed E-state index contributed by atoms with van der Waals surface area (Å²) in [7, 11) is 0. The van der Waals surface area contributed by atoms with E-state index in [0.717, 1.165) is 0 Å². The van der Waals surface area contributed by atoms with Crippen molar-refractivity contribution in [1.82, 2.24) is 10.6 Å². The Kier molecular flexibility index (Phi) is 5.03. The van der Waals surface area contributed by atoms with Gasteiger partial charge >= 0.3 is 0 Å². The lowest BCUT2D eigenvalue weighted by molar-refractivity contribution is -0.122. The quantitative estimate of drug-likeness (QED) is 0.456. The van der Waals surface area contributed by atoms with E-state index in [0.29, 0.717) is 13.1 Å². The van der Waals surface area contributed by atoms with Gasteiger partial charge in [0.1, 0.15) is 0 Å². The summed E-state index contributed by atoms with van der Waals surface area (Å²) in [4.78, 5) is 21.2. The van der Waals surface area contributed by atoms with Crippen LogP contribution in [0.5, 0.6) is 0 Å². The number of hydrogen-bond donors (Lipinski definition) is 3. The summed E-state index contributed by atoms with van der Waals surface area (Å²) in [6, 6.07) is -0.498. The maximum Gasteiger partial charge on any atom is 0.236 e. The summed E-state index contributed by atoms with van der Waals surface area (Å²) in [5, 5.41) is 5.10. The Bertz CT molecular complexity index is 168. The fraction of sp³-hybridized carbons (Fsp3) is 0.714. The van der Waals surface area contributed by atoms with Crippen LogP contribution in [0.2, 0.25) is 0 Å². The number of amides is 2. The lowest BCUT2D eigenvalue weighted by Crippen LogP contribution is -2.41. The molecule has 0 saturated carbocycles. The minimum atomic E-state index is -0.498. The molecule has 5 nitrogen and oxygen atoms in total. The van der Waals surface area contributed by atoms with Gasteiger partial charge in [-0.2, -0.15) is 0 Å². The number of carbonyl (C=O) groups excluding carboxylic acids is 2. The highest BCUT2D eigenvalue weighted by atomic mass is 16.2. The van der Waals surface area contributed by atoms with E-state index in [9.17, 15) is 9.59 Å². The number of hydrogen-bond acceptors (Lipinski definition) is 3. The first-order valence-electron chi connectivity index (χ1n) is 3.81. The molecule has 0 saturated heterocycles. The molecular formula is C7H15N3O2. The van der Waals surface area contributed by atoms with Gasteiger partial charge in [0.15, 0.2) is 0 Å². The van der Waals surface area contributed by atoms with E-state index in [1.165, 1.54) is 6.92 Å². The normalized spacial score (nSPS) is 11.9. The van der Waals surface area contributed by atoms with E-state index in [1.54, 1.807) is 6.92 Å². The van der Waals surface area contributed by atoms with Gasteiger partial charge in [-0.25, -0.2) is 0 Å².